The Balaban J connectivity index is 2.13. The fraction of sp³-hybridized carbons (Fsp3) is 0.105. The Morgan fingerprint density at radius 1 is 1.04 bits per heavy atom. The second-order valence-corrected chi connectivity index (χ2v) is 5.71. The van der Waals surface area contributed by atoms with Crippen molar-refractivity contribution < 1.29 is 9.85 Å². The number of allylic oxidation sites excluding steroid dienone is 3. The van der Waals surface area contributed by atoms with Crippen LogP contribution < -0.4 is 5.43 Å². The van der Waals surface area contributed by atoms with Gasteiger partial charge in [0.15, 0.2) is 0 Å². The Hall–Kier alpha value is -3.81. The zero-order valence-corrected chi connectivity index (χ0v) is 14.8. The van der Waals surface area contributed by atoms with E-state index in [1.807, 2.05) is 55.5 Å². The number of nitrogens with zero attached hydrogens (tertiary/aromatic N) is 3. The molecule has 0 radical (unpaired) electrons. The quantitative estimate of drug-likeness (QED) is 0.322. The minimum absolute atomic E-state index is 0.0795. The summed E-state index contributed by atoms with van der Waals surface area (Å²) in [6.07, 6.45) is 5.71. The Morgan fingerprint density at radius 3 is 2.37 bits per heavy atom. The van der Waals surface area contributed by atoms with Gasteiger partial charge in [-0.15, -0.1) is 0 Å². The normalized spacial score (nSPS) is 12.2. The molecule has 8 heteroatoms. The third-order valence-corrected chi connectivity index (χ3v) is 3.52. The molecule has 8 nitrogen and oxygen atoms in total. The SMILES string of the molecule is CC(/C=C\c1ccccc1)=C\C(C)=N\Nc1ccc([N+](=O)[O-])cc1[N+](=O)[O-]. The standard InChI is InChI=1S/C19H18N4O4/c1-14(8-9-16-6-4-3-5-7-16)12-15(2)20-21-18-11-10-17(22(24)25)13-19(18)23(26)27/h3-13,21H,1-2H3/b9-8-,14-12+,20-15+. The molecule has 0 saturated heterocycles. The van der Waals surface area contributed by atoms with Crippen molar-refractivity contribution in [2.75, 3.05) is 5.43 Å². The van der Waals surface area contributed by atoms with Gasteiger partial charge < -0.3 is 0 Å². The van der Waals surface area contributed by atoms with E-state index in [2.05, 4.69) is 10.5 Å². The fourth-order valence-electron chi connectivity index (χ4n) is 2.23. The molecule has 0 aliphatic carbocycles. The van der Waals surface area contributed by atoms with Crippen molar-refractivity contribution >= 4 is 28.8 Å². The largest absolute Gasteiger partial charge is 0.301 e. The highest BCUT2D eigenvalue weighted by Crippen LogP contribution is 2.28. The van der Waals surface area contributed by atoms with Gasteiger partial charge in [-0.25, -0.2) is 0 Å². The highest BCUT2D eigenvalue weighted by molar-refractivity contribution is 5.94. The molecular weight excluding hydrogens is 348 g/mol. The zero-order chi connectivity index (χ0) is 19.8. The highest BCUT2D eigenvalue weighted by atomic mass is 16.6. The first-order valence-electron chi connectivity index (χ1n) is 8.01. The van der Waals surface area contributed by atoms with E-state index < -0.39 is 15.5 Å². The topological polar surface area (TPSA) is 111 Å². The van der Waals surface area contributed by atoms with Gasteiger partial charge in [-0.1, -0.05) is 42.5 Å². The van der Waals surface area contributed by atoms with Crippen molar-refractivity contribution in [3.63, 3.8) is 0 Å². The summed E-state index contributed by atoms with van der Waals surface area (Å²) in [6.45, 7) is 3.65. The maximum Gasteiger partial charge on any atom is 0.301 e. The first kappa shape index (κ1) is 19.5. The Labute approximate surface area is 155 Å². The van der Waals surface area contributed by atoms with Crippen molar-refractivity contribution in [3.05, 3.63) is 92.0 Å². The van der Waals surface area contributed by atoms with E-state index in [0.717, 1.165) is 17.2 Å². The summed E-state index contributed by atoms with van der Waals surface area (Å²) < 4.78 is 0. The van der Waals surface area contributed by atoms with Gasteiger partial charge in [-0.3, -0.25) is 25.7 Å². The monoisotopic (exact) mass is 366 g/mol. The summed E-state index contributed by atoms with van der Waals surface area (Å²) in [4.78, 5) is 20.5. The molecule has 2 aromatic carbocycles. The van der Waals surface area contributed by atoms with Crippen LogP contribution in [0.5, 0.6) is 0 Å². The number of nitro groups is 2. The lowest BCUT2D eigenvalue weighted by molar-refractivity contribution is -0.393. The van der Waals surface area contributed by atoms with E-state index >= 15 is 0 Å². The number of non-ortho nitro benzene ring substituents is 1. The van der Waals surface area contributed by atoms with E-state index in [-0.39, 0.29) is 11.4 Å². The summed E-state index contributed by atoms with van der Waals surface area (Å²) in [5.41, 5.74) is 4.52. The van der Waals surface area contributed by atoms with E-state index in [4.69, 9.17) is 0 Å². The molecule has 138 valence electrons. The second-order valence-electron chi connectivity index (χ2n) is 5.71. The molecule has 0 spiro atoms. The number of benzene rings is 2. The molecule has 1 N–H and O–H groups in total. The summed E-state index contributed by atoms with van der Waals surface area (Å²) >= 11 is 0. The molecule has 0 bridgehead atoms. The van der Waals surface area contributed by atoms with Crippen LogP contribution in [-0.2, 0) is 0 Å². The maximum absolute atomic E-state index is 11.1. The first-order valence-corrected chi connectivity index (χ1v) is 8.01. The van der Waals surface area contributed by atoms with Crippen molar-refractivity contribution in [2.45, 2.75) is 13.8 Å². The summed E-state index contributed by atoms with van der Waals surface area (Å²) in [5, 5.41) is 26.0. The lowest BCUT2D eigenvalue weighted by atomic mass is 10.1. The summed E-state index contributed by atoms with van der Waals surface area (Å²) in [5.74, 6) is 0. The van der Waals surface area contributed by atoms with Gasteiger partial charge in [0.2, 0.25) is 0 Å². The molecule has 0 heterocycles. The number of hydrogen-bond acceptors (Lipinski definition) is 6. The fourth-order valence-corrected chi connectivity index (χ4v) is 2.23. The lowest BCUT2D eigenvalue weighted by Crippen LogP contribution is -2.00. The maximum atomic E-state index is 11.1. The van der Waals surface area contributed by atoms with Crippen LogP contribution in [0.25, 0.3) is 6.08 Å². The van der Waals surface area contributed by atoms with Crippen LogP contribution in [0.15, 0.2) is 71.4 Å². The van der Waals surface area contributed by atoms with Gasteiger partial charge in [-0.05, 0) is 37.1 Å². The van der Waals surface area contributed by atoms with Gasteiger partial charge in [0.1, 0.15) is 5.69 Å². The van der Waals surface area contributed by atoms with Crippen molar-refractivity contribution in [1.29, 1.82) is 0 Å². The highest BCUT2D eigenvalue weighted by Gasteiger charge is 2.19. The van der Waals surface area contributed by atoms with Crippen LogP contribution in [0.1, 0.15) is 19.4 Å². The number of hydrogen-bond donors (Lipinski definition) is 1. The number of rotatable bonds is 7. The minimum Gasteiger partial charge on any atom is -0.271 e. The molecule has 0 atom stereocenters. The van der Waals surface area contributed by atoms with Crippen LogP contribution in [0.4, 0.5) is 17.1 Å². The smallest absolute Gasteiger partial charge is 0.271 e. The molecular formula is C19H18N4O4. The zero-order valence-electron chi connectivity index (χ0n) is 14.8. The average Bonchev–Trinajstić information content (AvgIpc) is 2.65. The van der Waals surface area contributed by atoms with Crippen LogP contribution >= 0.6 is 0 Å². The van der Waals surface area contributed by atoms with Gasteiger partial charge in [0.05, 0.1) is 21.6 Å². The molecule has 0 aliphatic rings. The molecule has 27 heavy (non-hydrogen) atoms. The molecule has 0 fully saturated rings. The number of hydrazone groups is 1. The van der Waals surface area contributed by atoms with E-state index in [0.29, 0.717) is 5.71 Å². The summed E-state index contributed by atoms with van der Waals surface area (Å²) in [7, 11) is 0. The third kappa shape index (κ3) is 5.89. The van der Waals surface area contributed by atoms with E-state index in [9.17, 15) is 20.2 Å². The number of nitrogens with one attached hydrogen (secondary N) is 1. The van der Waals surface area contributed by atoms with Crippen LogP contribution in [0.3, 0.4) is 0 Å². The lowest BCUT2D eigenvalue weighted by Gasteiger charge is -2.03. The second kappa shape index (κ2) is 9.04. The van der Waals surface area contributed by atoms with Crippen LogP contribution in [0.2, 0.25) is 0 Å². The van der Waals surface area contributed by atoms with Crippen molar-refractivity contribution in [1.82, 2.24) is 0 Å². The van der Waals surface area contributed by atoms with Crippen LogP contribution in [0, 0.1) is 20.2 Å². The predicted molar refractivity (Wildman–Crippen MR) is 106 cm³/mol. The molecule has 2 aromatic rings. The Bertz CT molecular complexity index is 934. The van der Waals surface area contributed by atoms with Gasteiger partial charge in [0, 0.05) is 6.07 Å². The molecule has 0 amide bonds. The summed E-state index contributed by atoms with van der Waals surface area (Å²) in [6, 6.07) is 13.2. The van der Waals surface area contributed by atoms with E-state index in [1.165, 1.54) is 12.1 Å². The predicted octanol–water partition coefficient (Wildman–Crippen LogP) is 4.95. The first-order chi connectivity index (χ1) is 12.9. The van der Waals surface area contributed by atoms with Crippen molar-refractivity contribution in [2.24, 2.45) is 5.10 Å². The van der Waals surface area contributed by atoms with Gasteiger partial charge >= 0.3 is 5.69 Å². The third-order valence-electron chi connectivity index (χ3n) is 3.52. The molecule has 2 rings (SSSR count). The molecule has 0 saturated carbocycles. The van der Waals surface area contributed by atoms with Gasteiger partial charge in [-0.2, -0.15) is 5.10 Å². The van der Waals surface area contributed by atoms with Gasteiger partial charge in [0.25, 0.3) is 5.69 Å². The molecule has 0 unspecified atom stereocenters. The van der Waals surface area contributed by atoms with Crippen molar-refractivity contribution in [3.8, 4) is 0 Å². The molecule has 0 aromatic heterocycles. The number of anilines is 1. The molecule has 0 aliphatic heterocycles. The van der Waals surface area contributed by atoms with Crippen LogP contribution in [-0.4, -0.2) is 15.6 Å². The minimum atomic E-state index is -0.691. The Kier molecular flexibility index (Phi) is 6.54. The Morgan fingerprint density at radius 2 is 1.74 bits per heavy atom. The van der Waals surface area contributed by atoms with E-state index in [1.54, 1.807) is 6.92 Å². The average molecular weight is 366 g/mol. The number of nitro benzene ring substituents is 2.